The van der Waals surface area contributed by atoms with Gasteiger partial charge in [0, 0.05) is 30.0 Å². The Morgan fingerprint density at radius 2 is 1.95 bits per heavy atom. The van der Waals surface area contributed by atoms with Crippen molar-refractivity contribution >= 4 is 21.8 Å². The zero-order chi connectivity index (χ0) is 15.2. The zero-order valence-corrected chi connectivity index (χ0v) is 13.7. The molecular formula is C16H18BrN3O. The van der Waals surface area contributed by atoms with Crippen molar-refractivity contribution in [1.82, 2.24) is 15.2 Å². The van der Waals surface area contributed by atoms with Gasteiger partial charge in [-0.15, -0.1) is 0 Å². The van der Waals surface area contributed by atoms with Gasteiger partial charge in [0.25, 0.3) is 5.91 Å². The van der Waals surface area contributed by atoms with Gasteiger partial charge < -0.3 is 10.2 Å². The van der Waals surface area contributed by atoms with E-state index in [0.717, 1.165) is 12.1 Å². The molecule has 4 nitrogen and oxygen atoms in total. The van der Waals surface area contributed by atoms with Crippen LogP contribution in [0.4, 0.5) is 0 Å². The summed E-state index contributed by atoms with van der Waals surface area (Å²) in [7, 11) is 4.06. The van der Waals surface area contributed by atoms with Crippen LogP contribution in [0.25, 0.3) is 0 Å². The first kappa shape index (κ1) is 15.7. The minimum Gasteiger partial charge on any atom is -0.348 e. The molecule has 21 heavy (non-hydrogen) atoms. The van der Waals surface area contributed by atoms with Crippen LogP contribution in [0.3, 0.4) is 0 Å². The fourth-order valence-corrected chi connectivity index (χ4v) is 2.49. The zero-order valence-electron chi connectivity index (χ0n) is 12.1. The molecule has 1 amide bonds. The first-order valence-electron chi connectivity index (χ1n) is 6.67. The van der Waals surface area contributed by atoms with Crippen LogP contribution in [0.1, 0.15) is 21.5 Å². The molecule has 5 heteroatoms. The molecule has 0 radical (unpaired) electrons. The van der Waals surface area contributed by atoms with E-state index in [9.17, 15) is 4.79 Å². The maximum Gasteiger partial charge on any atom is 0.252 e. The van der Waals surface area contributed by atoms with Gasteiger partial charge in [-0.2, -0.15) is 0 Å². The summed E-state index contributed by atoms with van der Waals surface area (Å²) >= 11 is 3.34. The molecule has 0 aliphatic rings. The number of hydrogen-bond acceptors (Lipinski definition) is 3. The average Bonchev–Trinajstić information content (AvgIpc) is 2.46. The van der Waals surface area contributed by atoms with Crippen molar-refractivity contribution < 1.29 is 4.79 Å². The second-order valence-electron chi connectivity index (χ2n) is 5.04. The fraction of sp³-hybridized carbons (Fsp3) is 0.250. The van der Waals surface area contributed by atoms with Crippen molar-refractivity contribution in [2.75, 3.05) is 14.1 Å². The molecule has 0 aliphatic carbocycles. The number of carbonyl (C=O) groups excluding carboxylic acids is 1. The van der Waals surface area contributed by atoms with Crippen molar-refractivity contribution in [2.24, 2.45) is 0 Å². The average molecular weight is 348 g/mol. The topological polar surface area (TPSA) is 45.2 Å². The van der Waals surface area contributed by atoms with Crippen molar-refractivity contribution in [3.63, 3.8) is 0 Å². The first-order chi connectivity index (χ1) is 10.1. The van der Waals surface area contributed by atoms with Gasteiger partial charge in [-0.25, -0.2) is 0 Å². The SMILES string of the molecule is CN(C)Cc1ccccc1CNC(=O)c1ccncc1Br. The number of carbonyl (C=O) groups is 1. The molecule has 0 spiro atoms. The van der Waals surface area contributed by atoms with E-state index in [1.54, 1.807) is 18.5 Å². The molecule has 0 saturated carbocycles. The van der Waals surface area contributed by atoms with Gasteiger partial charge >= 0.3 is 0 Å². The van der Waals surface area contributed by atoms with E-state index in [1.807, 2.05) is 32.3 Å². The Morgan fingerprint density at radius 1 is 1.24 bits per heavy atom. The second-order valence-corrected chi connectivity index (χ2v) is 5.90. The van der Waals surface area contributed by atoms with Crippen LogP contribution in [0, 0.1) is 0 Å². The number of aromatic nitrogens is 1. The van der Waals surface area contributed by atoms with E-state index in [2.05, 4.69) is 37.2 Å². The van der Waals surface area contributed by atoms with Crippen LogP contribution >= 0.6 is 15.9 Å². The highest BCUT2D eigenvalue weighted by atomic mass is 79.9. The molecule has 0 aliphatic heterocycles. The highest BCUT2D eigenvalue weighted by Crippen LogP contribution is 2.15. The number of nitrogens with zero attached hydrogens (tertiary/aromatic N) is 2. The lowest BCUT2D eigenvalue weighted by molar-refractivity contribution is 0.0950. The molecule has 1 N–H and O–H groups in total. The molecule has 0 unspecified atom stereocenters. The van der Waals surface area contributed by atoms with E-state index in [4.69, 9.17) is 0 Å². The summed E-state index contributed by atoms with van der Waals surface area (Å²) < 4.78 is 0.698. The molecule has 0 bridgehead atoms. The number of benzene rings is 1. The van der Waals surface area contributed by atoms with Crippen LogP contribution in [0.2, 0.25) is 0 Å². The second kappa shape index (κ2) is 7.33. The molecule has 0 fully saturated rings. The summed E-state index contributed by atoms with van der Waals surface area (Å²) in [6.07, 6.45) is 3.23. The summed E-state index contributed by atoms with van der Waals surface area (Å²) in [5.41, 5.74) is 2.94. The minimum absolute atomic E-state index is 0.107. The van der Waals surface area contributed by atoms with Gasteiger partial charge in [-0.05, 0) is 47.2 Å². The summed E-state index contributed by atoms with van der Waals surface area (Å²) in [6, 6.07) is 9.84. The van der Waals surface area contributed by atoms with Crippen LogP contribution in [-0.4, -0.2) is 29.9 Å². The maximum absolute atomic E-state index is 12.2. The van der Waals surface area contributed by atoms with E-state index in [1.165, 1.54) is 5.56 Å². The number of hydrogen-bond donors (Lipinski definition) is 1. The van der Waals surface area contributed by atoms with Gasteiger partial charge in [0.15, 0.2) is 0 Å². The van der Waals surface area contributed by atoms with Crippen molar-refractivity contribution in [3.8, 4) is 0 Å². The molecular weight excluding hydrogens is 330 g/mol. The predicted octanol–water partition coefficient (Wildman–Crippen LogP) is 2.84. The Kier molecular flexibility index (Phi) is 5.47. The van der Waals surface area contributed by atoms with E-state index in [0.29, 0.717) is 16.6 Å². The molecule has 110 valence electrons. The number of pyridine rings is 1. The van der Waals surface area contributed by atoms with Crippen LogP contribution in [0.15, 0.2) is 47.2 Å². The van der Waals surface area contributed by atoms with Crippen LogP contribution in [0.5, 0.6) is 0 Å². The standard InChI is InChI=1S/C16H18BrN3O/c1-20(2)11-13-6-4-3-5-12(13)9-19-16(21)14-7-8-18-10-15(14)17/h3-8,10H,9,11H2,1-2H3,(H,19,21). The molecule has 1 aromatic heterocycles. The van der Waals surface area contributed by atoms with Gasteiger partial charge in [-0.1, -0.05) is 24.3 Å². The van der Waals surface area contributed by atoms with Crippen molar-refractivity contribution in [1.29, 1.82) is 0 Å². The van der Waals surface area contributed by atoms with Gasteiger partial charge in [0.2, 0.25) is 0 Å². The maximum atomic E-state index is 12.2. The third-order valence-corrected chi connectivity index (χ3v) is 3.69. The Morgan fingerprint density at radius 3 is 2.62 bits per heavy atom. The van der Waals surface area contributed by atoms with Gasteiger partial charge in [0.05, 0.1) is 5.56 Å². The normalized spacial score (nSPS) is 10.7. The summed E-state index contributed by atoms with van der Waals surface area (Å²) in [5, 5.41) is 2.95. The molecule has 1 heterocycles. The Bertz CT molecular complexity index is 628. The third kappa shape index (κ3) is 4.37. The van der Waals surface area contributed by atoms with Gasteiger partial charge in [-0.3, -0.25) is 9.78 Å². The third-order valence-electron chi connectivity index (χ3n) is 3.06. The summed E-state index contributed by atoms with van der Waals surface area (Å²) in [4.78, 5) is 18.3. The van der Waals surface area contributed by atoms with Crippen LogP contribution < -0.4 is 5.32 Å². The first-order valence-corrected chi connectivity index (χ1v) is 7.46. The number of rotatable bonds is 5. The number of amides is 1. The lowest BCUT2D eigenvalue weighted by Crippen LogP contribution is -2.24. The largest absolute Gasteiger partial charge is 0.348 e. The van der Waals surface area contributed by atoms with E-state index in [-0.39, 0.29) is 5.91 Å². The lowest BCUT2D eigenvalue weighted by atomic mass is 10.1. The Labute approximate surface area is 133 Å². The summed E-state index contributed by atoms with van der Waals surface area (Å²) in [5.74, 6) is -0.107. The molecule has 0 saturated heterocycles. The molecule has 2 aromatic rings. The number of halogens is 1. The minimum atomic E-state index is -0.107. The Balaban J connectivity index is 2.07. The lowest BCUT2D eigenvalue weighted by Gasteiger charge is -2.14. The molecule has 0 atom stereocenters. The number of nitrogens with one attached hydrogen (secondary N) is 1. The van der Waals surface area contributed by atoms with Crippen molar-refractivity contribution in [2.45, 2.75) is 13.1 Å². The molecule has 1 aromatic carbocycles. The van der Waals surface area contributed by atoms with Gasteiger partial charge in [0.1, 0.15) is 0 Å². The highest BCUT2D eigenvalue weighted by Gasteiger charge is 2.10. The fourth-order valence-electron chi connectivity index (χ4n) is 2.05. The quantitative estimate of drug-likeness (QED) is 0.904. The molecule has 2 rings (SSSR count). The van der Waals surface area contributed by atoms with E-state index >= 15 is 0 Å². The predicted molar refractivity (Wildman–Crippen MR) is 86.9 cm³/mol. The smallest absolute Gasteiger partial charge is 0.252 e. The Hall–Kier alpha value is -1.72. The summed E-state index contributed by atoms with van der Waals surface area (Å²) in [6.45, 7) is 1.36. The highest BCUT2D eigenvalue weighted by molar-refractivity contribution is 9.10. The van der Waals surface area contributed by atoms with E-state index < -0.39 is 0 Å². The van der Waals surface area contributed by atoms with Crippen molar-refractivity contribution in [3.05, 3.63) is 63.9 Å². The monoisotopic (exact) mass is 347 g/mol. The van der Waals surface area contributed by atoms with Crippen LogP contribution in [-0.2, 0) is 13.1 Å².